The van der Waals surface area contributed by atoms with Crippen LogP contribution in [0, 0.1) is 0 Å². The maximum absolute atomic E-state index is 4.90. The second-order valence-electron chi connectivity index (χ2n) is 1.76. The van der Waals surface area contributed by atoms with Gasteiger partial charge in [0.2, 0.25) is 5.88 Å². The molecule has 0 N–H and O–H groups in total. The quantitative estimate of drug-likeness (QED) is 0.536. The zero-order chi connectivity index (χ0) is 7.23. The molecule has 0 aromatic carbocycles. The first-order valence-electron chi connectivity index (χ1n) is 3.05. The van der Waals surface area contributed by atoms with Gasteiger partial charge in [0.25, 0.3) is 0 Å². The van der Waals surface area contributed by atoms with E-state index in [0.717, 1.165) is 0 Å². The first-order chi connectivity index (χ1) is 4.93. The largest absolute Gasteiger partial charge is 0.481 e. The van der Waals surface area contributed by atoms with E-state index in [4.69, 9.17) is 4.74 Å². The van der Waals surface area contributed by atoms with Gasteiger partial charge in [-0.25, -0.2) is 4.99 Å². The van der Waals surface area contributed by atoms with Crippen molar-refractivity contribution < 1.29 is 4.74 Å². The summed E-state index contributed by atoms with van der Waals surface area (Å²) >= 11 is 0. The van der Waals surface area contributed by atoms with Gasteiger partial charge >= 0.3 is 0 Å². The van der Waals surface area contributed by atoms with Crippen LogP contribution in [0.1, 0.15) is 0 Å². The smallest absolute Gasteiger partial charge is 0.212 e. The highest BCUT2D eigenvalue weighted by atomic mass is 16.5. The molecule has 0 spiro atoms. The minimum atomic E-state index is 0.626. The lowest BCUT2D eigenvalue weighted by molar-refractivity contribution is 0.289. The van der Waals surface area contributed by atoms with Crippen LogP contribution in [0.15, 0.2) is 41.3 Å². The van der Waals surface area contributed by atoms with Gasteiger partial charge in [0.15, 0.2) is 0 Å². The number of hydrogen-bond donors (Lipinski definition) is 0. The molecule has 1 aliphatic rings. The van der Waals surface area contributed by atoms with Gasteiger partial charge in [-0.2, -0.15) is 0 Å². The summed E-state index contributed by atoms with van der Waals surface area (Å²) in [6, 6.07) is 0. The van der Waals surface area contributed by atoms with Crippen LogP contribution in [0.25, 0.3) is 0 Å². The summed E-state index contributed by atoms with van der Waals surface area (Å²) in [5.74, 6) is 0.626. The Morgan fingerprint density at radius 3 is 2.80 bits per heavy atom. The molecule has 1 aliphatic heterocycles. The molecule has 0 saturated carbocycles. The van der Waals surface area contributed by atoms with Crippen molar-refractivity contribution in [3.63, 3.8) is 0 Å². The topological polar surface area (TPSA) is 21.6 Å². The third-order valence-electron chi connectivity index (χ3n) is 1.07. The molecule has 2 heteroatoms. The van der Waals surface area contributed by atoms with Crippen LogP contribution >= 0.6 is 0 Å². The van der Waals surface area contributed by atoms with Crippen molar-refractivity contribution >= 4 is 6.21 Å². The standard InChI is InChI=1S/C8H9NO/c1-10-8-6-4-2-3-5-7-9-8/h2-7H,1H3/b3-2?,4-2+,5-3+,6-4?,7-5?,8-6+,9-7-,9-8?. The fraction of sp³-hybridized carbons (Fsp3) is 0.125. The van der Waals surface area contributed by atoms with Crippen LogP contribution in [0.4, 0.5) is 0 Å². The summed E-state index contributed by atoms with van der Waals surface area (Å²) in [5.41, 5.74) is 0. The molecule has 0 radical (unpaired) electrons. The first-order valence-corrected chi connectivity index (χ1v) is 3.05. The second kappa shape index (κ2) is 3.67. The summed E-state index contributed by atoms with van der Waals surface area (Å²) < 4.78 is 4.90. The van der Waals surface area contributed by atoms with Gasteiger partial charge in [0.05, 0.1) is 7.11 Å². The van der Waals surface area contributed by atoms with Crippen molar-refractivity contribution in [1.82, 2.24) is 0 Å². The van der Waals surface area contributed by atoms with E-state index in [2.05, 4.69) is 4.99 Å². The van der Waals surface area contributed by atoms with Crippen LogP contribution in [-0.4, -0.2) is 13.3 Å². The molecule has 0 amide bonds. The van der Waals surface area contributed by atoms with E-state index >= 15 is 0 Å². The molecular weight excluding hydrogens is 126 g/mol. The number of methoxy groups -OCH3 is 1. The summed E-state index contributed by atoms with van der Waals surface area (Å²) in [6.45, 7) is 0. The van der Waals surface area contributed by atoms with Gasteiger partial charge in [-0.1, -0.05) is 18.2 Å². The second-order valence-corrected chi connectivity index (χ2v) is 1.76. The predicted molar refractivity (Wildman–Crippen MR) is 41.9 cm³/mol. The molecule has 10 heavy (non-hydrogen) atoms. The summed E-state index contributed by atoms with van der Waals surface area (Å²) in [7, 11) is 1.60. The van der Waals surface area contributed by atoms with E-state index in [0.29, 0.717) is 5.88 Å². The molecule has 0 aromatic rings. The van der Waals surface area contributed by atoms with Crippen LogP contribution in [-0.2, 0) is 4.74 Å². The Labute approximate surface area is 60.2 Å². The van der Waals surface area contributed by atoms with Crippen molar-refractivity contribution in [3.05, 3.63) is 36.3 Å². The molecule has 0 unspecified atom stereocenters. The molecule has 0 saturated heterocycles. The number of allylic oxidation sites excluding steroid dienone is 5. The van der Waals surface area contributed by atoms with E-state index in [1.807, 2.05) is 24.3 Å². The molecule has 2 nitrogen and oxygen atoms in total. The molecule has 1 rings (SSSR count). The monoisotopic (exact) mass is 135 g/mol. The van der Waals surface area contributed by atoms with E-state index in [-0.39, 0.29) is 0 Å². The SMILES string of the molecule is COC1=C/C=C/C=C/C=N\1. The minimum Gasteiger partial charge on any atom is -0.481 e. The third kappa shape index (κ3) is 1.90. The Balaban J connectivity index is 2.73. The molecule has 0 atom stereocenters. The summed E-state index contributed by atoms with van der Waals surface area (Å²) in [6.07, 6.45) is 11.1. The Morgan fingerprint density at radius 1 is 1.20 bits per heavy atom. The lowest BCUT2D eigenvalue weighted by Crippen LogP contribution is -1.82. The zero-order valence-corrected chi connectivity index (χ0v) is 5.82. The average molecular weight is 135 g/mol. The lowest BCUT2D eigenvalue weighted by Gasteiger charge is -1.96. The maximum atomic E-state index is 4.90. The average Bonchev–Trinajstić information content (AvgIpc) is 1.87. The highest BCUT2D eigenvalue weighted by Crippen LogP contribution is 1.98. The fourth-order valence-electron chi connectivity index (χ4n) is 0.596. The van der Waals surface area contributed by atoms with Crippen molar-refractivity contribution in [1.29, 1.82) is 0 Å². The van der Waals surface area contributed by atoms with E-state index < -0.39 is 0 Å². The number of nitrogens with zero attached hydrogens (tertiary/aromatic N) is 1. The maximum Gasteiger partial charge on any atom is 0.212 e. The van der Waals surface area contributed by atoms with Crippen molar-refractivity contribution in [2.45, 2.75) is 0 Å². The molecule has 52 valence electrons. The predicted octanol–water partition coefficient (Wildman–Crippen LogP) is 1.67. The van der Waals surface area contributed by atoms with Gasteiger partial charge in [-0.3, -0.25) is 0 Å². The number of ether oxygens (including phenoxy) is 1. The number of aliphatic imine (C=N–C) groups is 1. The first kappa shape index (κ1) is 6.81. The highest BCUT2D eigenvalue weighted by Gasteiger charge is 1.85. The normalized spacial score (nSPS) is 30.7. The van der Waals surface area contributed by atoms with Crippen LogP contribution in [0.5, 0.6) is 0 Å². The Bertz CT molecular complexity index is 211. The van der Waals surface area contributed by atoms with E-state index in [1.54, 1.807) is 19.4 Å². The summed E-state index contributed by atoms with van der Waals surface area (Å²) in [5, 5.41) is 0. The molecule has 0 bridgehead atoms. The van der Waals surface area contributed by atoms with Gasteiger partial charge < -0.3 is 4.74 Å². The Morgan fingerprint density at radius 2 is 2.00 bits per heavy atom. The molecule has 0 aliphatic carbocycles. The van der Waals surface area contributed by atoms with Crippen LogP contribution in [0.2, 0.25) is 0 Å². The van der Waals surface area contributed by atoms with Crippen molar-refractivity contribution in [3.8, 4) is 0 Å². The van der Waals surface area contributed by atoms with E-state index in [9.17, 15) is 0 Å². The molecule has 0 fully saturated rings. The lowest BCUT2D eigenvalue weighted by atomic mass is 10.4. The van der Waals surface area contributed by atoms with Gasteiger partial charge in [0.1, 0.15) is 0 Å². The number of rotatable bonds is 1. The van der Waals surface area contributed by atoms with Crippen LogP contribution < -0.4 is 0 Å². The molecule has 1 heterocycles. The van der Waals surface area contributed by atoms with Crippen molar-refractivity contribution in [2.24, 2.45) is 4.99 Å². The Hall–Kier alpha value is -1.31. The minimum absolute atomic E-state index is 0.626. The molecular formula is C8H9NO. The number of hydrogen-bond acceptors (Lipinski definition) is 2. The van der Waals surface area contributed by atoms with Gasteiger partial charge in [0, 0.05) is 12.3 Å². The molecule has 0 aromatic heterocycles. The van der Waals surface area contributed by atoms with Gasteiger partial charge in [-0.15, -0.1) is 0 Å². The summed E-state index contributed by atoms with van der Waals surface area (Å²) in [4.78, 5) is 3.98. The highest BCUT2D eigenvalue weighted by molar-refractivity contribution is 5.72. The Kier molecular flexibility index (Phi) is 2.49. The van der Waals surface area contributed by atoms with E-state index in [1.165, 1.54) is 0 Å². The van der Waals surface area contributed by atoms with Crippen molar-refractivity contribution in [2.75, 3.05) is 7.11 Å². The third-order valence-corrected chi connectivity index (χ3v) is 1.07. The fourth-order valence-corrected chi connectivity index (χ4v) is 0.596. The van der Waals surface area contributed by atoms with Crippen LogP contribution in [0.3, 0.4) is 0 Å². The zero-order valence-electron chi connectivity index (χ0n) is 5.82. The van der Waals surface area contributed by atoms with Gasteiger partial charge in [-0.05, 0) is 6.08 Å².